The lowest BCUT2D eigenvalue weighted by atomic mass is 9.99. The lowest BCUT2D eigenvalue weighted by molar-refractivity contribution is 0.00794. The molecule has 1 fully saturated rings. The Morgan fingerprint density at radius 3 is 2.58 bits per heavy atom. The predicted molar refractivity (Wildman–Crippen MR) is 119 cm³/mol. The second-order valence-electron chi connectivity index (χ2n) is 8.49. The maximum Gasteiger partial charge on any atom is 0.225 e. The molecule has 7 nitrogen and oxygen atoms in total. The molecule has 0 bridgehead atoms. The average Bonchev–Trinajstić information content (AvgIpc) is 2.79. The van der Waals surface area contributed by atoms with Gasteiger partial charge in [-0.2, -0.15) is 4.98 Å². The van der Waals surface area contributed by atoms with Gasteiger partial charge >= 0.3 is 0 Å². The number of likely N-dealkylation sites (N-methyl/N-ethyl adjacent to an activating group) is 1. The van der Waals surface area contributed by atoms with Crippen molar-refractivity contribution in [3.8, 4) is 5.75 Å². The summed E-state index contributed by atoms with van der Waals surface area (Å²) in [6, 6.07) is 7.25. The van der Waals surface area contributed by atoms with E-state index in [2.05, 4.69) is 26.3 Å². The van der Waals surface area contributed by atoms with Crippen molar-refractivity contribution in [1.29, 1.82) is 0 Å². The maximum atomic E-state index is 13.7. The summed E-state index contributed by atoms with van der Waals surface area (Å²) < 4.78 is 39.3. The Morgan fingerprint density at radius 1 is 1.03 bits per heavy atom. The summed E-state index contributed by atoms with van der Waals surface area (Å²) in [6.07, 6.45) is 5.27. The third kappa shape index (κ3) is 4.59. The Labute approximate surface area is 190 Å². The molecule has 0 amide bonds. The quantitative estimate of drug-likeness (QED) is 0.629. The molecule has 0 spiro atoms. The Kier molecular flexibility index (Phi) is 5.80. The van der Waals surface area contributed by atoms with E-state index in [0.717, 1.165) is 30.2 Å². The van der Waals surface area contributed by atoms with Gasteiger partial charge in [0.05, 0.1) is 31.0 Å². The van der Waals surface area contributed by atoms with Gasteiger partial charge in [-0.1, -0.05) is 0 Å². The molecule has 4 heterocycles. The van der Waals surface area contributed by atoms with Crippen LogP contribution in [-0.2, 0) is 4.74 Å². The predicted octanol–water partition coefficient (Wildman–Crippen LogP) is 4.36. The molecule has 2 aliphatic heterocycles. The molecule has 2 aromatic heterocycles. The van der Waals surface area contributed by atoms with Crippen LogP contribution in [0.1, 0.15) is 41.8 Å². The zero-order valence-corrected chi connectivity index (χ0v) is 18.5. The molecule has 0 saturated carbocycles. The van der Waals surface area contributed by atoms with Gasteiger partial charge < -0.3 is 19.7 Å². The highest BCUT2D eigenvalue weighted by atomic mass is 19.1. The minimum atomic E-state index is -0.619. The summed E-state index contributed by atoms with van der Waals surface area (Å²) >= 11 is 0. The summed E-state index contributed by atoms with van der Waals surface area (Å²) in [7, 11) is 1.83. The number of pyridine rings is 1. The number of ether oxygens (including phenoxy) is 2. The van der Waals surface area contributed by atoms with E-state index < -0.39 is 11.6 Å². The van der Waals surface area contributed by atoms with Gasteiger partial charge in [0.2, 0.25) is 5.95 Å². The van der Waals surface area contributed by atoms with E-state index in [4.69, 9.17) is 9.47 Å². The molecular weight excluding hydrogens is 428 g/mol. The van der Waals surface area contributed by atoms with E-state index in [1.165, 1.54) is 12.1 Å². The lowest BCUT2D eigenvalue weighted by Gasteiger charge is -2.35. The van der Waals surface area contributed by atoms with E-state index >= 15 is 0 Å². The zero-order chi connectivity index (χ0) is 22.9. The van der Waals surface area contributed by atoms with E-state index in [9.17, 15) is 8.78 Å². The van der Waals surface area contributed by atoms with E-state index in [1.807, 2.05) is 31.1 Å². The third-order valence-electron chi connectivity index (χ3n) is 6.11. The molecule has 1 aromatic carbocycles. The molecule has 0 radical (unpaired) electrons. The van der Waals surface area contributed by atoms with Crippen molar-refractivity contribution in [3.05, 3.63) is 71.2 Å². The van der Waals surface area contributed by atoms with Crippen molar-refractivity contribution in [2.45, 2.75) is 38.0 Å². The molecular formula is C24H25F2N5O2. The minimum Gasteiger partial charge on any atom is -0.486 e. The summed E-state index contributed by atoms with van der Waals surface area (Å²) in [5.41, 5.74) is 2.61. The second-order valence-corrected chi connectivity index (χ2v) is 8.49. The van der Waals surface area contributed by atoms with Gasteiger partial charge in [0, 0.05) is 25.0 Å². The van der Waals surface area contributed by atoms with Gasteiger partial charge in [-0.15, -0.1) is 0 Å². The normalized spacial score (nSPS) is 22.4. The summed E-state index contributed by atoms with van der Waals surface area (Å²) in [5, 5.41) is 3.35. The van der Waals surface area contributed by atoms with Crippen LogP contribution in [0.2, 0.25) is 0 Å². The van der Waals surface area contributed by atoms with Crippen LogP contribution in [0.4, 0.5) is 20.5 Å². The van der Waals surface area contributed by atoms with Gasteiger partial charge in [-0.25, -0.2) is 13.8 Å². The van der Waals surface area contributed by atoms with E-state index in [1.54, 1.807) is 6.20 Å². The van der Waals surface area contributed by atoms with Crippen LogP contribution in [0.15, 0.2) is 42.7 Å². The van der Waals surface area contributed by atoms with Crippen LogP contribution < -0.4 is 15.0 Å². The van der Waals surface area contributed by atoms with Gasteiger partial charge in [0.25, 0.3) is 0 Å². The number of hydrogen-bond acceptors (Lipinski definition) is 7. The van der Waals surface area contributed by atoms with Gasteiger partial charge in [-0.05, 0) is 55.2 Å². The van der Waals surface area contributed by atoms with Gasteiger partial charge in [0.15, 0.2) is 11.6 Å². The first kappa shape index (κ1) is 21.5. The average molecular weight is 453 g/mol. The maximum absolute atomic E-state index is 13.7. The second kappa shape index (κ2) is 8.90. The number of nitrogens with zero attached hydrogens (tertiary/aromatic N) is 4. The summed E-state index contributed by atoms with van der Waals surface area (Å²) in [5.74, 6) is 0.320. The standard InChI is InChI=1S/C24H25F2N5O2/c1-14-7-15(5-6-27-14)21-4-3-19(12-32-21)29-24-28-11-22-23(30-24)31(2)20(13-33-22)16-8-17(25)10-18(26)9-16/h5-11,19-21H,3-4,12-13H2,1-2H3,(H,28,29,30)/t19-,20?,21+/m1/s1. The van der Waals surface area contributed by atoms with Gasteiger partial charge in [-0.3, -0.25) is 4.98 Å². The number of nitrogens with one attached hydrogen (secondary N) is 1. The highest BCUT2D eigenvalue weighted by molar-refractivity contribution is 5.57. The lowest BCUT2D eigenvalue weighted by Crippen LogP contribution is -2.35. The molecule has 9 heteroatoms. The fourth-order valence-corrected chi connectivity index (χ4v) is 4.38. The number of fused-ring (bicyclic) bond motifs is 1. The molecule has 172 valence electrons. The highest BCUT2D eigenvalue weighted by Crippen LogP contribution is 2.37. The van der Waals surface area contributed by atoms with Crippen LogP contribution in [0.5, 0.6) is 5.75 Å². The largest absolute Gasteiger partial charge is 0.486 e. The number of benzene rings is 1. The first-order chi connectivity index (χ1) is 16.0. The fraction of sp³-hybridized carbons (Fsp3) is 0.375. The van der Waals surface area contributed by atoms with Crippen molar-refractivity contribution in [2.75, 3.05) is 30.5 Å². The molecule has 33 heavy (non-hydrogen) atoms. The number of rotatable bonds is 4. The third-order valence-corrected chi connectivity index (χ3v) is 6.11. The Bertz CT molecular complexity index is 1130. The number of anilines is 2. The van der Waals surface area contributed by atoms with Crippen LogP contribution in [0.3, 0.4) is 0 Å². The Morgan fingerprint density at radius 2 is 1.85 bits per heavy atom. The number of halogens is 2. The smallest absolute Gasteiger partial charge is 0.225 e. The first-order valence-corrected chi connectivity index (χ1v) is 11.0. The molecule has 1 saturated heterocycles. The Balaban J connectivity index is 1.27. The number of aromatic nitrogens is 3. The molecule has 1 unspecified atom stereocenters. The van der Waals surface area contributed by atoms with E-state index in [-0.39, 0.29) is 24.8 Å². The molecule has 1 N–H and O–H groups in total. The monoisotopic (exact) mass is 453 g/mol. The number of aryl methyl sites for hydroxylation is 1. The van der Waals surface area contributed by atoms with Crippen molar-refractivity contribution in [1.82, 2.24) is 15.0 Å². The van der Waals surface area contributed by atoms with Crippen LogP contribution >= 0.6 is 0 Å². The minimum absolute atomic E-state index is 0.0566. The molecule has 3 aromatic rings. The zero-order valence-electron chi connectivity index (χ0n) is 18.5. The van der Waals surface area contributed by atoms with Crippen molar-refractivity contribution in [3.63, 3.8) is 0 Å². The molecule has 3 atom stereocenters. The fourth-order valence-electron chi connectivity index (χ4n) is 4.38. The molecule has 0 aliphatic carbocycles. The molecule has 2 aliphatic rings. The SMILES string of the molecule is Cc1cc([C@@H]2CC[C@@H](Nc3ncc4c(n3)N(C)C(c3cc(F)cc(F)c3)CO4)CO2)ccn1. The van der Waals surface area contributed by atoms with Crippen molar-refractivity contribution < 1.29 is 18.3 Å². The number of hydrogen-bond donors (Lipinski definition) is 1. The van der Waals surface area contributed by atoms with Crippen LogP contribution in [-0.4, -0.2) is 41.3 Å². The highest BCUT2D eigenvalue weighted by Gasteiger charge is 2.30. The van der Waals surface area contributed by atoms with Crippen LogP contribution in [0.25, 0.3) is 0 Å². The molecule has 5 rings (SSSR count). The van der Waals surface area contributed by atoms with Crippen LogP contribution in [0, 0.1) is 18.6 Å². The first-order valence-electron chi connectivity index (χ1n) is 11.0. The van der Waals surface area contributed by atoms with Crippen molar-refractivity contribution in [2.24, 2.45) is 0 Å². The summed E-state index contributed by atoms with van der Waals surface area (Å²) in [4.78, 5) is 15.1. The summed E-state index contributed by atoms with van der Waals surface area (Å²) in [6.45, 7) is 2.75. The van der Waals surface area contributed by atoms with E-state index in [0.29, 0.717) is 29.7 Å². The topological polar surface area (TPSA) is 72.4 Å². The van der Waals surface area contributed by atoms with Crippen molar-refractivity contribution >= 4 is 11.8 Å². The van der Waals surface area contributed by atoms with Gasteiger partial charge in [0.1, 0.15) is 18.2 Å². The Hall–Kier alpha value is -3.33.